The first kappa shape index (κ1) is 15.1. The number of ether oxygens (including phenoxy) is 2. The van der Waals surface area contributed by atoms with Crippen molar-refractivity contribution in [3.05, 3.63) is 28.7 Å². The van der Waals surface area contributed by atoms with E-state index in [1.54, 1.807) is 0 Å². The lowest BCUT2D eigenvalue weighted by molar-refractivity contribution is 0.111. The van der Waals surface area contributed by atoms with Crippen molar-refractivity contribution < 1.29 is 14.3 Å². The highest BCUT2D eigenvalue weighted by Gasteiger charge is 2.15. The number of benzene rings is 1. The first-order valence-corrected chi connectivity index (χ1v) is 7.55. The zero-order valence-corrected chi connectivity index (χ0v) is 12.8. The molecule has 1 aromatic rings. The van der Waals surface area contributed by atoms with Gasteiger partial charge in [-0.1, -0.05) is 12.1 Å². The number of hydrogen-bond acceptors (Lipinski definition) is 3. The number of rotatable bonds is 6. The molecule has 110 valence electrons. The highest BCUT2D eigenvalue weighted by Crippen LogP contribution is 2.23. The molecule has 0 aromatic heterocycles. The van der Waals surface area contributed by atoms with Crippen LogP contribution in [-0.4, -0.2) is 38.4 Å². The molecular weight excluding hydrogens is 324 g/mol. The average Bonchev–Trinajstić information content (AvgIpc) is 2.96. The lowest BCUT2D eigenvalue weighted by Crippen LogP contribution is -2.41. The summed E-state index contributed by atoms with van der Waals surface area (Å²) >= 11 is 3.40. The molecule has 1 heterocycles. The summed E-state index contributed by atoms with van der Waals surface area (Å²) in [4.78, 5) is 11.5. The van der Waals surface area contributed by atoms with E-state index in [1.165, 1.54) is 0 Å². The van der Waals surface area contributed by atoms with E-state index < -0.39 is 0 Å². The fraction of sp³-hybridized carbons (Fsp3) is 0.500. The number of carbonyl (C=O) groups excluding carboxylic acids is 1. The van der Waals surface area contributed by atoms with E-state index in [0.717, 1.165) is 29.7 Å². The number of carbonyl (C=O) groups is 1. The van der Waals surface area contributed by atoms with Crippen molar-refractivity contribution in [2.45, 2.75) is 18.9 Å². The average molecular weight is 343 g/mol. The highest BCUT2D eigenvalue weighted by atomic mass is 79.9. The molecular formula is C14H19BrN2O3. The molecule has 1 fully saturated rings. The molecule has 6 heteroatoms. The molecule has 1 aliphatic rings. The van der Waals surface area contributed by atoms with E-state index in [1.807, 2.05) is 24.3 Å². The van der Waals surface area contributed by atoms with E-state index in [0.29, 0.717) is 19.7 Å². The van der Waals surface area contributed by atoms with E-state index >= 15 is 0 Å². The van der Waals surface area contributed by atoms with Gasteiger partial charge < -0.3 is 20.1 Å². The fourth-order valence-electron chi connectivity index (χ4n) is 1.96. The molecule has 1 aliphatic heterocycles. The molecule has 0 saturated carbocycles. The van der Waals surface area contributed by atoms with E-state index in [-0.39, 0.29) is 12.1 Å². The van der Waals surface area contributed by atoms with Crippen LogP contribution in [0.3, 0.4) is 0 Å². The summed E-state index contributed by atoms with van der Waals surface area (Å²) in [6, 6.07) is 7.44. The minimum Gasteiger partial charge on any atom is -0.491 e. The maximum Gasteiger partial charge on any atom is 0.315 e. The fourth-order valence-corrected chi connectivity index (χ4v) is 2.36. The third-order valence-electron chi connectivity index (χ3n) is 3.00. The number of hydrogen-bond donors (Lipinski definition) is 2. The largest absolute Gasteiger partial charge is 0.491 e. The molecule has 2 N–H and O–H groups in total. The van der Waals surface area contributed by atoms with Crippen LogP contribution in [0.15, 0.2) is 28.7 Å². The zero-order chi connectivity index (χ0) is 14.2. The Labute approximate surface area is 127 Å². The highest BCUT2D eigenvalue weighted by molar-refractivity contribution is 9.10. The second-order valence-electron chi connectivity index (χ2n) is 4.55. The van der Waals surface area contributed by atoms with Gasteiger partial charge in [-0.25, -0.2) is 4.79 Å². The van der Waals surface area contributed by atoms with Gasteiger partial charge in [-0.3, -0.25) is 0 Å². The molecule has 0 spiro atoms. The molecule has 0 bridgehead atoms. The molecule has 0 aliphatic carbocycles. The van der Waals surface area contributed by atoms with Crippen molar-refractivity contribution in [2.75, 3.05) is 26.3 Å². The standard InChI is InChI=1S/C14H19BrN2O3/c15-12-5-1-2-6-13(12)20-9-7-16-14(18)17-10-11-4-3-8-19-11/h1-2,5-6,11H,3-4,7-10H2,(H2,16,17,18). The molecule has 1 saturated heterocycles. The number of nitrogens with one attached hydrogen (secondary N) is 2. The molecule has 1 aromatic carbocycles. The van der Waals surface area contributed by atoms with Crippen LogP contribution in [-0.2, 0) is 4.74 Å². The molecule has 2 amide bonds. The minimum atomic E-state index is -0.184. The number of halogens is 1. The van der Waals surface area contributed by atoms with Crippen LogP contribution in [0.4, 0.5) is 4.79 Å². The van der Waals surface area contributed by atoms with Gasteiger partial charge >= 0.3 is 6.03 Å². The Bertz CT molecular complexity index is 436. The summed E-state index contributed by atoms with van der Waals surface area (Å²) in [7, 11) is 0. The van der Waals surface area contributed by atoms with Gasteiger partial charge in [0.05, 0.1) is 17.1 Å². The summed E-state index contributed by atoms with van der Waals surface area (Å²) in [6.07, 6.45) is 2.26. The van der Waals surface area contributed by atoms with Gasteiger partial charge in [0.1, 0.15) is 12.4 Å². The van der Waals surface area contributed by atoms with Crippen molar-refractivity contribution >= 4 is 22.0 Å². The van der Waals surface area contributed by atoms with Crippen molar-refractivity contribution in [3.63, 3.8) is 0 Å². The SMILES string of the molecule is O=C(NCCOc1ccccc1Br)NCC1CCCO1. The summed E-state index contributed by atoms with van der Waals surface area (Å²) in [5, 5.41) is 5.55. The van der Waals surface area contributed by atoms with Gasteiger partial charge in [0.15, 0.2) is 0 Å². The third-order valence-corrected chi connectivity index (χ3v) is 3.65. The van der Waals surface area contributed by atoms with Gasteiger partial charge in [0.2, 0.25) is 0 Å². The normalized spacial score (nSPS) is 17.8. The molecule has 5 nitrogen and oxygen atoms in total. The summed E-state index contributed by atoms with van der Waals surface area (Å²) in [5.74, 6) is 0.772. The Kier molecular flexibility index (Phi) is 6.14. The molecule has 1 unspecified atom stereocenters. The molecule has 2 rings (SSSR count). The number of amides is 2. The van der Waals surface area contributed by atoms with Gasteiger partial charge in [-0.15, -0.1) is 0 Å². The van der Waals surface area contributed by atoms with Gasteiger partial charge in [0, 0.05) is 13.2 Å². The van der Waals surface area contributed by atoms with Crippen LogP contribution in [0.5, 0.6) is 5.75 Å². The van der Waals surface area contributed by atoms with E-state index in [4.69, 9.17) is 9.47 Å². The van der Waals surface area contributed by atoms with Gasteiger partial charge in [-0.2, -0.15) is 0 Å². The number of urea groups is 1. The first-order valence-electron chi connectivity index (χ1n) is 6.76. The first-order chi connectivity index (χ1) is 9.75. The smallest absolute Gasteiger partial charge is 0.315 e. The summed E-state index contributed by atoms with van der Waals surface area (Å²) < 4.78 is 11.9. The maximum absolute atomic E-state index is 11.5. The Morgan fingerprint density at radius 3 is 3.00 bits per heavy atom. The quantitative estimate of drug-likeness (QED) is 0.780. The van der Waals surface area contributed by atoms with Gasteiger partial charge in [-0.05, 0) is 40.9 Å². The molecule has 1 atom stereocenters. The van der Waals surface area contributed by atoms with Crippen molar-refractivity contribution in [1.29, 1.82) is 0 Å². The monoisotopic (exact) mass is 342 g/mol. The predicted octanol–water partition coefficient (Wildman–Crippen LogP) is 2.31. The third kappa shape index (κ3) is 5.02. The molecule has 20 heavy (non-hydrogen) atoms. The van der Waals surface area contributed by atoms with Crippen molar-refractivity contribution in [2.24, 2.45) is 0 Å². The van der Waals surface area contributed by atoms with E-state index in [9.17, 15) is 4.79 Å². The summed E-state index contributed by atoms with van der Waals surface area (Å²) in [5.41, 5.74) is 0. The van der Waals surface area contributed by atoms with Crippen LogP contribution in [0.2, 0.25) is 0 Å². The Morgan fingerprint density at radius 1 is 1.40 bits per heavy atom. The van der Waals surface area contributed by atoms with Crippen molar-refractivity contribution in [1.82, 2.24) is 10.6 Å². The van der Waals surface area contributed by atoms with E-state index in [2.05, 4.69) is 26.6 Å². The van der Waals surface area contributed by atoms with Crippen LogP contribution < -0.4 is 15.4 Å². The Morgan fingerprint density at radius 2 is 2.25 bits per heavy atom. The lowest BCUT2D eigenvalue weighted by atomic mass is 10.2. The maximum atomic E-state index is 11.5. The Hall–Kier alpha value is -1.27. The topological polar surface area (TPSA) is 59.6 Å². The van der Waals surface area contributed by atoms with Crippen LogP contribution in [0, 0.1) is 0 Å². The minimum absolute atomic E-state index is 0.164. The predicted molar refractivity (Wildman–Crippen MR) is 80.0 cm³/mol. The van der Waals surface area contributed by atoms with Crippen molar-refractivity contribution in [3.8, 4) is 5.75 Å². The lowest BCUT2D eigenvalue weighted by Gasteiger charge is -2.12. The second-order valence-corrected chi connectivity index (χ2v) is 5.41. The van der Waals surface area contributed by atoms with Crippen LogP contribution in [0.1, 0.15) is 12.8 Å². The molecule has 0 radical (unpaired) electrons. The zero-order valence-electron chi connectivity index (χ0n) is 11.2. The Balaban J connectivity index is 1.56. The van der Waals surface area contributed by atoms with Crippen LogP contribution >= 0.6 is 15.9 Å². The van der Waals surface area contributed by atoms with Gasteiger partial charge in [0.25, 0.3) is 0 Å². The van der Waals surface area contributed by atoms with Crippen LogP contribution in [0.25, 0.3) is 0 Å². The second kappa shape index (κ2) is 8.11. The summed E-state index contributed by atoms with van der Waals surface area (Å²) in [6.45, 7) is 2.25. The number of para-hydroxylation sites is 1.